The number of anilines is 1. The van der Waals surface area contributed by atoms with Gasteiger partial charge in [-0.05, 0) is 31.5 Å². The van der Waals surface area contributed by atoms with Crippen LogP contribution in [0.1, 0.15) is 30.9 Å². The third-order valence-corrected chi connectivity index (χ3v) is 4.47. The highest BCUT2D eigenvalue weighted by Gasteiger charge is 2.28. The highest BCUT2D eigenvalue weighted by atomic mass is 32.1. The molecule has 0 saturated carbocycles. The van der Waals surface area contributed by atoms with Gasteiger partial charge in [0.05, 0.1) is 0 Å². The molecule has 1 aliphatic rings. The van der Waals surface area contributed by atoms with Gasteiger partial charge in [0.25, 0.3) is 0 Å². The molecule has 1 aromatic heterocycles. The van der Waals surface area contributed by atoms with Gasteiger partial charge in [0.2, 0.25) is 5.91 Å². The standard InChI is InChI=1S/C16H19N3OS/c20-15(18-16-17-9-12-21-16)14(13-7-3-1-4-8-13)19-10-5-2-6-11-19/h1,3-4,7-9,12,14H,2,5-6,10-11H2,(H,17,18,20)/t14-/m1/s1. The maximum atomic E-state index is 12.7. The summed E-state index contributed by atoms with van der Waals surface area (Å²) in [6.45, 7) is 1.95. The van der Waals surface area contributed by atoms with Crippen LogP contribution in [0.3, 0.4) is 0 Å². The zero-order valence-corrected chi connectivity index (χ0v) is 12.7. The number of hydrogen-bond acceptors (Lipinski definition) is 4. The average Bonchev–Trinajstić information content (AvgIpc) is 3.02. The number of amides is 1. The predicted octanol–water partition coefficient (Wildman–Crippen LogP) is 3.31. The van der Waals surface area contributed by atoms with Crippen LogP contribution in [0.5, 0.6) is 0 Å². The van der Waals surface area contributed by atoms with E-state index < -0.39 is 0 Å². The minimum absolute atomic E-state index is 0.0121. The van der Waals surface area contributed by atoms with Crippen molar-refractivity contribution in [3.63, 3.8) is 0 Å². The number of hydrogen-bond donors (Lipinski definition) is 1. The van der Waals surface area contributed by atoms with Gasteiger partial charge in [0, 0.05) is 11.6 Å². The number of carbonyl (C=O) groups excluding carboxylic acids is 1. The lowest BCUT2D eigenvalue weighted by Gasteiger charge is -2.33. The van der Waals surface area contributed by atoms with E-state index >= 15 is 0 Å². The first-order chi connectivity index (χ1) is 10.3. The molecule has 1 atom stereocenters. The Hall–Kier alpha value is -1.72. The van der Waals surface area contributed by atoms with E-state index in [9.17, 15) is 4.79 Å². The zero-order valence-electron chi connectivity index (χ0n) is 11.9. The number of carbonyl (C=O) groups is 1. The summed E-state index contributed by atoms with van der Waals surface area (Å²) in [5.41, 5.74) is 1.05. The molecule has 5 heteroatoms. The van der Waals surface area contributed by atoms with E-state index in [1.807, 2.05) is 35.7 Å². The van der Waals surface area contributed by atoms with Crippen molar-refractivity contribution in [1.29, 1.82) is 0 Å². The van der Waals surface area contributed by atoms with Crippen molar-refractivity contribution in [2.75, 3.05) is 18.4 Å². The van der Waals surface area contributed by atoms with Gasteiger partial charge in [-0.25, -0.2) is 4.98 Å². The third kappa shape index (κ3) is 3.49. The number of thiazole rings is 1. The molecule has 0 radical (unpaired) electrons. The number of benzene rings is 1. The van der Waals surface area contributed by atoms with Crippen molar-refractivity contribution in [2.45, 2.75) is 25.3 Å². The molecule has 1 N–H and O–H groups in total. The fraction of sp³-hybridized carbons (Fsp3) is 0.375. The van der Waals surface area contributed by atoms with Crippen molar-refractivity contribution < 1.29 is 4.79 Å². The predicted molar refractivity (Wildman–Crippen MR) is 85.4 cm³/mol. The average molecular weight is 301 g/mol. The molecule has 0 aliphatic carbocycles. The first-order valence-corrected chi connectivity index (χ1v) is 8.22. The van der Waals surface area contributed by atoms with Gasteiger partial charge in [-0.3, -0.25) is 9.69 Å². The smallest absolute Gasteiger partial charge is 0.248 e. The largest absolute Gasteiger partial charge is 0.300 e. The fourth-order valence-corrected chi connectivity index (χ4v) is 3.33. The Balaban J connectivity index is 1.82. The number of nitrogens with one attached hydrogen (secondary N) is 1. The lowest BCUT2D eigenvalue weighted by atomic mass is 10.0. The highest BCUT2D eigenvalue weighted by Crippen LogP contribution is 2.26. The van der Waals surface area contributed by atoms with Gasteiger partial charge in [-0.15, -0.1) is 11.3 Å². The monoisotopic (exact) mass is 301 g/mol. The second kappa shape index (κ2) is 6.83. The van der Waals surface area contributed by atoms with Crippen LogP contribution in [0.2, 0.25) is 0 Å². The van der Waals surface area contributed by atoms with Crippen molar-refractivity contribution >= 4 is 22.4 Å². The summed E-state index contributed by atoms with van der Waals surface area (Å²) >= 11 is 1.45. The molecule has 3 rings (SSSR count). The Morgan fingerprint density at radius 1 is 1.19 bits per heavy atom. The maximum Gasteiger partial charge on any atom is 0.248 e. The number of nitrogens with zero attached hydrogens (tertiary/aromatic N) is 2. The van der Waals surface area contributed by atoms with Gasteiger partial charge in [-0.2, -0.15) is 0 Å². The molecule has 1 aromatic carbocycles. The molecule has 1 fully saturated rings. The van der Waals surface area contributed by atoms with E-state index in [1.54, 1.807) is 6.20 Å². The topological polar surface area (TPSA) is 45.2 Å². The second-order valence-electron chi connectivity index (χ2n) is 5.24. The summed E-state index contributed by atoms with van der Waals surface area (Å²) in [5.74, 6) is 0.0121. The summed E-state index contributed by atoms with van der Waals surface area (Å²) < 4.78 is 0. The normalized spacial score (nSPS) is 17.3. The maximum absolute atomic E-state index is 12.7. The molecular formula is C16H19N3OS. The van der Waals surface area contributed by atoms with Crippen LogP contribution in [0.4, 0.5) is 5.13 Å². The Morgan fingerprint density at radius 3 is 2.62 bits per heavy atom. The Labute approximate surface area is 128 Å². The first kappa shape index (κ1) is 14.2. The van der Waals surface area contributed by atoms with Gasteiger partial charge < -0.3 is 5.32 Å². The molecule has 0 spiro atoms. The lowest BCUT2D eigenvalue weighted by Crippen LogP contribution is -2.40. The van der Waals surface area contributed by atoms with Crippen LogP contribution >= 0.6 is 11.3 Å². The van der Waals surface area contributed by atoms with E-state index in [2.05, 4.69) is 15.2 Å². The molecular weight excluding hydrogens is 282 g/mol. The van der Waals surface area contributed by atoms with Crippen molar-refractivity contribution in [2.24, 2.45) is 0 Å². The van der Waals surface area contributed by atoms with E-state index in [0.717, 1.165) is 31.5 Å². The quantitative estimate of drug-likeness (QED) is 0.942. The number of piperidine rings is 1. The number of rotatable bonds is 4. The Bertz CT molecular complexity index is 564. The minimum atomic E-state index is -0.226. The van der Waals surface area contributed by atoms with E-state index in [1.165, 1.54) is 17.8 Å². The fourth-order valence-electron chi connectivity index (χ4n) is 2.80. The molecule has 21 heavy (non-hydrogen) atoms. The summed E-state index contributed by atoms with van der Waals surface area (Å²) in [5, 5.41) is 5.48. The van der Waals surface area contributed by atoms with Crippen LogP contribution in [-0.4, -0.2) is 28.9 Å². The van der Waals surface area contributed by atoms with Crippen molar-refractivity contribution in [3.8, 4) is 0 Å². The molecule has 0 bridgehead atoms. The first-order valence-electron chi connectivity index (χ1n) is 7.34. The Kier molecular flexibility index (Phi) is 4.62. The van der Waals surface area contributed by atoms with Crippen molar-refractivity contribution in [1.82, 2.24) is 9.88 Å². The molecule has 1 saturated heterocycles. The molecule has 2 aromatic rings. The van der Waals surface area contributed by atoms with Gasteiger partial charge >= 0.3 is 0 Å². The van der Waals surface area contributed by atoms with Gasteiger partial charge in [0.1, 0.15) is 6.04 Å². The minimum Gasteiger partial charge on any atom is -0.300 e. The summed E-state index contributed by atoms with van der Waals surface area (Å²) in [6.07, 6.45) is 5.28. The summed E-state index contributed by atoms with van der Waals surface area (Å²) in [4.78, 5) is 19.1. The van der Waals surface area contributed by atoms with Crippen LogP contribution in [0.15, 0.2) is 41.9 Å². The zero-order chi connectivity index (χ0) is 14.5. The molecule has 1 amide bonds. The molecule has 4 nitrogen and oxygen atoms in total. The second-order valence-corrected chi connectivity index (χ2v) is 6.13. The van der Waals surface area contributed by atoms with Crippen LogP contribution in [0, 0.1) is 0 Å². The molecule has 110 valence electrons. The van der Waals surface area contributed by atoms with Gasteiger partial charge in [-0.1, -0.05) is 36.8 Å². The van der Waals surface area contributed by atoms with E-state index in [-0.39, 0.29) is 11.9 Å². The molecule has 2 heterocycles. The SMILES string of the molecule is O=C(Nc1nccs1)[C@@H](c1ccccc1)N1CCCCC1. The molecule has 1 aliphatic heterocycles. The van der Waals surface area contributed by atoms with Crippen LogP contribution in [-0.2, 0) is 4.79 Å². The van der Waals surface area contributed by atoms with E-state index in [4.69, 9.17) is 0 Å². The Morgan fingerprint density at radius 2 is 1.95 bits per heavy atom. The summed E-state index contributed by atoms with van der Waals surface area (Å²) in [7, 11) is 0. The van der Waals surface area contributed by atoms with E-state index in [0.29, 0.717) is 5.13 Å². The highest BCUT2D eigenvalue weighted by molar-refractivity contribution is 7.13. The lowest BCUT2D eigenvalue weighted by molar-refractivity contribution is -0.122. The number of aromatic nitrogens is 1. The van der Waals surface area contributed by atoms with Crippen LogP contribution < -0.4 is 5.32 Å². The third-order valence-electron chi connectivity index (χ3n) is 3.78. The summed E-state index contributed by atoms with van der Waals surface area (Å²) in [6, 6.07) is 9.79. The van der Waals surface area contributed by atoms with Crippen molar-refractivity contribution in [3.05, 3.63) is 47.5 Å². The number of likely N-dealkylation sites (tertiary alicyclic amines) is 1. The molecule has 0 unspecified atom stereocenters. The van der Waals surface area contributed by atoms with Crippen LogP contribution in [0.25, 0.3) is 0 Å². The van der Waals surface area contributed by atoms with Gasteiger partial charge in [0.15, 0.2) is 5.13 Å².